The monoisotopic (exact) mass is 623 g/mol. The molecule has 43 heavy (non-hydrogen) atoms. The second-order valence-corrected chi connectivity index (χ2v) is 10.6. The lowest BCUT2D eigenvalue weighted by molar-refractivity contribution is -0.112. The fourth-order valence-electron chi connectivity index (χ4n) is 4.98. The number of allylic oxidation sites excluding steroid dienone is 2. The van der Waals surface area contributed by atoms with E-state index in [1.807, 2.05) is 13.8 Å². The molecule has 0 spiro atoms. The van der Waals surface area contributed by atoms with Gasteiger partial charge in [0.25, 0.3) is 5.91 Å². The van der Waals surface area contributed by atoms with E-state index in [0.717, 1.165) is 0 Å². The van der Waals surface area contributed by atoms with Gasteiger partial charge in [0.1, 0.15) is 17.6 Å². The van der Waals surface area contributed by atoms with E-state index in [-0.39, 0.29) is 35.5 Å². The van der Waals surface area contributed by atoms with E-state index in [0.29, 0.717) is 41.8 Å². The minimum atomic E-state index is -0.990. The highest BCUT2D eigenvalue weighted by molar-refractivity contribution is 6.04. The Morgan fingerprint density at radius 2 is 1.91 bits per heavy atom. The van der Waals surface area contributed by atoms with Crippen LogP contribution in [0.1, 0.15) is 39.7 Å². The van der Waals surface area contributed by atoms with Crippen LogP contribution >= 0.6 is 12.4 Å². The zero-order valence-corrected chi connectivity index (χ0v) is 26.4. The highest BCUT2D eigenvalue weighted by atomic mass is 35.5. The molecule has 0 fully saturated rings. The summed E-state index contributed by atoms with van der Waals surface area (Å²) < 4.78 is 16.6. The third kappa shape index (κ3) is 10.3. The van der Waals surface area contributed by atoms with Crippen LogP contribution in [0.5, 0.6) is 11.5 Å². The number of hydrogen-bond donors (Lipinski definition) is 6. The highest BCUT2D eigenvalue weighted by Gasteiger charge is 2.30. The Labute approximate surface area is 259 Å². The minimum Gasteiger partial charge on any atom is -0.506 e. The molecule has 1 heterocycles. The number of methoxy groups -OCH3 is 2. The van der Waals surface area contributed by atoms with Crippen LogP contribution in [0.2, 0.25) is 0 Å². The summed E-state index contributed by atoms with van der Waals surface area (Å²) in [7, 11) is 2.95. The van der Waals surface area contributed by atoms with E-state index in [4.69, 9.17) is 19.9 Å². The van der Waals surface area contributed by atoms with Crippen molar-refractivity contribution in [2.75, 3.05) is 31.4 Å². The van der Waals surface area contributed by atoms with Crippen LogP contribution in [-0.4, -0.2) is 72.5 Å². The van der Waals surface area contributed by atoms with Crippen LogP contribution in [0.25, 0.3) is 0 Å². The molecule has 240 valence electrons. The lowest BCUT2D eigenvalue weighted by Gasteiger charge is -2.29. The standard InChI is InChI=1S/C31H45N3O8.ClH/c1-8-12-33-26-21-13-17(2)14-25(41-7)27(36)19(4)15-20(5)29(42-31(32)39)24(40-6)11-9-10-18(3)30(38)34-22(28(21)37)16-23(26)35;/h8-11,15-17,19,24-25,27,29,33,35-37H,1,12-14H2,2-7H3,(H2,32,39)(H,34,38);1H/b11-9-,18-10-,20-15?;/t17-,19+,24+,25+,27-,29+;/m1./s1. The highest BCUT2D eigenvalue weighted by Crippen LogP contribution is 2.42. The first-order valence-electron chi connectivity index (χ1n) is 13.8. The molecule has 11 nitrogen and oxygen atoms in total. The van der Waals surface area contributed by atoms with Gasteiger partial charge in [-0.05, 0) is 38.2 Å². The quantitative estimate of drug-likeness (QED) is 0.151. The molecule has 1 aliphatic rings. The van der Waals surface area contributed by atoms with Gasteiger partial charge in [0.15, 0.2) is 6.10 Å². The van der Waals surface area contributed by atoms with E-state index in [1.165, 1.54) is 26.4 Å². The van der Waals surface area contributed by atoms with Crippen molar-refractivity contribution in [3.63, 3.8) is 0 Å². The van der Waals surface area contributed by atoms with Gasteiger partial charge in [-0.25, -0.2) is 4.79 Å². The number of aliphatic hydroxyl groups excluding tert-OH is 1. The van der Waals surface area contributed by atoms with Gasteiger partial charge < -0.3 is 45.9 Å². The number of carbonyl (C=O) groups excluding carboxylic acids is 2. The normalized spacial score (nSPS) is 27.4. The van der Waals surface area contributed by atoms with Crippen molar-refractivity contribution in [3.8, 4) is 11.5 Å². The van der Waals surface area contributed by atoms with Gasteiger partial charge in [-0.1, -0.05) is 44.2 Å². The number of primary amides is 1. The molecule has 0 saturated carbocycles. The second kappa shape index (κ2) is 17.6. The summed E-state index contributed by atoms with van der Waals surface area (Å²) in [6.45, 7) is 11.1. The summed E-state index contributed by atoms with van der Waals surface area (Å²) in [5.41, 5.74) is 7.01. The maximum atomic E-state index is 13.0. The van der Waals surface area contributed by atoms with Crippen LogP contribution in [0.15, 0.2) is 54.2 Å². The Morgan fingerprint density at radius 1 is 1.23 bits per heavy atom. The molecular weight excluding hydrogens is 578 g/mol. The molecule has 1 aromatic rings. The summed E-state index contributed by atoms with van der Waals surface area (Å²) in [6.07, 6.45) is 4.64. The predicted octanol–water partition coefficient (Wildman–Crippen LogP) is 4.58. The minimum absolute atomic E-state index is 0. The van der Waals surface area contributed by atoms with Gasteiger partial charge in [-0.3, -0.25) is 4.79 Å². The molecule has 0 unspecified atom stereocenters. The third-order valence-electron chi connectivity index (χ3n) is 7.25. The molecule has 0 radical (unpaired) electrons. The van der Waals surface area contributed by atoms with Crippen LogP contribution in [0, 0.1) is 11.8 Å². The van der Waals surface area contributed by atoms with Gasteiger partial charge in [0.05, 0.1) is 23.6 Å². The number of benzene rings is 1. The fraction of sp³-hybridized carbons (Fsp3) is 0.484. The topological polar surface area (TPSA) is 173 Å². The number of aromatic hydroxyl groups is 2. The van der Waals surface area contributed by atoms with Gasteiger partial charge in [-0.2, -0.15) is 0 Å². The maximum absolute atomic E-state index is 13.0. The molecule has 6 atom stereocenters. The molecule has 0 aliphatic carbocycles. The smallest absolute Gasteiger partial charge is 0.405 e. The number of phenolic OH excluding ortho intramolecular Hbond substituents is 2. The van der Waals surface area contributed by atoms with E-state index < -0.39 is 42.3 Å². The van der Waals surface area contributed by atoms with Gasteiger partial charge in [-0.15, -0.1) is 19.0 Å². The average molecular weight is 624 g/mol. The molecule has 2 rings (SSSR count). The molecule has 0 saturated heterocycles. The Balaban J connectivity index is 0.00000924. The van der Waals surface area contributed by atoms with E-state index in [2.05, 4.69) is 17.2 Å². The number of ether oxygens (including phenoxy) is 3. The molecule has 7 N–H and O–H groups in total. The lowest BCUT2D eigenvalue weighted by Crippen LogP contribution is -2.37. The summed E-state index contributed by atoms with van der Waals surface area (Å²) in [5, 5.41) is 39.1. The molecule has 12 heteroatoms. The summed E-state index contributed by atoms with van der Waals surface area (Å²) in [6, 6.07) is 1.28. The number of amides is 2. The van der Waals surface area contributed by atoms with E-state index >= 15 is 0 Å². The molecule has 2 amide bonds. The second-order valence-electron chi connectivity index (χ2n) is 10.6. The predicted molar refractivity (Wildman–Crippen MR) is 170 cm³/mol. The average Bonchev–Trinajstić information content (AvgIpc) is 2.94. The third-order valence-corrected chi connectivity index (χ3v) is 7.25. The number of hydrogen-bond acceptors (Lipinski definition) is 9. The van der Waals surface area contributed by atoms with Crippen LogP contribution in [0.4, 0.5) is 16.2 Å². The van der Waals surface area contributed by atoms with Crippen molar-refractivity contribution in [1.29, 1.82) is 0 Å². The SMILES string of the molecule is C=CCNc1c(O)cc2c(O)c1C[C@@H](C)C[C@H](OC)[C@H](O)[C@@H](C)C=C(C)[C@H](OC(N)=O)[C@@H](OC)/C=C\C=C(\C)C(=O)N2.Cl. The lowest BCUT2D eigenvalue weighted by atomic mass is 9.87. The summed E-state index contributed by atoms with van der Waals surface area (Å²) in [5.74, 6) is -1.41. The van der Waals surface area contributed by atoms with Crippen molar-refractivity contribution < 1.29 is 39.1 Å². The molecule has 0 aromatic heterocycles. The van der Waals surface area contributed by atoms with Crippen molar-refractivity contribution >= 4 is 35.8 Å². The first kappa shape index (κ1) is 37.5. The summed E-state index contributed by atoms with van der Waals surface area (Å²) in [4.78, 5) is 24.7. The van der Waals surface area contributed by atoms with Crippen molar-refractivity contribution in [3.05, 3.63) is 59.7 Å². The Kier molecular flexibility index (Phi) is 15.3. The molecule has 1 aromatic carbocycles. The molecule has 2 bridgehead atoms. The Morgan fingerprint density at radius 3 is 2.49 bits per heavy atom. The van der Waals surface area contributed by atoms with Gasteiger partial charge >= 0.3 is 6.09 Å². The van der Waals surface area contributed by atoms with E-state index in [1.54, 1.807) is 38.2 Å². The number of fused-ring (bicyclic) bond motifs is 2. The first-order chi connectivity index (χ1) is 19.8. The van der Waals surface area contributed by atoms with E-state index in [9.17, 15) is 24.9 Å². The van der Waals surface area contributed by atoms with Crippen LogP contribution in [0.3, 0.4) is 0 Å². The Hall–Kier alpha value is -3.51. The van der Waals surface area contributed by atoms with Crippen LogP contribution < -0.4 is 16.4 Å². The van der Waals surface area contributed by atoms with Crippen molar-refractivity contribution in [1.82, 2.24) is 0 Å². The molecule has 1 aliphatic heterocycles. The number of nitrogens with two attached hydrogens (primary N) is 1. The van der Waals surface area contributed by atoms with Crippen molar-refractivity contribution in [2.45, 2.75) is 65.0 Å². The number of rotatable bonds is 6. The maximum Gasteiger partial charge on any atom is 0.405 e. The van der Waals surface area contributed by atoms with Crippen molar-refractivity contribution in [2.24, 2.45) is 17.6 Å². The number of carbonyl (C=O) groups is 2. The number of aliphatic hydroxyl groups is 1. The number of halogens is 1. The largest absolute Gasteiger partial charge is 0.506 e. The van der Waals surface area contributed by atoms with Crippen LogP contribution in [-0.2, 0) is 25.4 Å². The number of phenols is 2. The summed E-state index contributed by atoms with van der Waals surface area (Å²) >= 11 is 0. The van der Waals surface area contributed by atoms with Gasteiger partial charge in [0, 0.05) is 43.9 Å². The fourth-order valence-corrected chi connectivity index (χ4v) is 4.98. The Bertz CT molecular complexity index is 1220. The number of nitrogens with one attached hydrogen (secondary N) is 2. The molecular formula is C31H46ClN3O8. The first-order valence-corrected chi connectivity index (χ1v) is 13.8. The zero-order chi connectivity index (χ0) is 31.6. The zero-order valence-electron chi connectivity index (χ0n) is 25.6. The number of anilines is 2. The van der Waals surface area contributed by atoms with Gasteiger partial charge in [0.2, 0.25) is 0 Å².